The Morgan fingerprint density at radius 2 is 1.96 bits per heavy atom. The topological polar surface area (TPSA) is 71.2 Å². The van der Waals surface area contributed by atoms with Gasteiger partial charge in [0.15, 0.2) is 5.13 Å². The van der Waals surface area contributed by atoms with Crippen LogP contribution in [0.5, 0.6) is 0 Å². The molecule has 1 aromatic carbocycles. The highest BCUT2D eigenvalue weighted by molar-refractivity contribution is 7.29. The number of rotatable bonds is 5. The van der Waals surface area contributed by atoms with E-state index in [1.165, 1.54) is 11.3 Å². The van der Waals surface area contributed by atoms with Gasteiger partial charge in [-0.3, -0.25) is 4.79 Å². The number of para-hydroxylation sites is 1. The summed E-state index contributed by atoms with van der Waals surface area (Å²) in [6, 6.07) is 11.8. The van der Waals surface area contributed by atoms with E-state index in [2.05, 4.69) is 10.3 Å². The third kappa shape index (κ3) is 4.83. The quantitative estimate of drug-likeness (QED) is 0.645. The number of thiazole rings is 1. The Morgan fingerprint density at radius 3 is 2.56 bits per heavy atom. The predicted octanol–water partition coefficient (Wildman–Crippen LogP) is 4.36. The van der Waals surface area contributed by atoms with Crippen LogP contribution in [0.1, 0.15) is 16.6 Å². The zero-order valence-electron chi connectivity index (χ0n) is 13.8. The van der Waals surface area contributed by atoms with Gasteiger partial charge in [-0.25, -0.2) is 4.98 Å². The molecule has 0 aliphatic rings. The lowest BCUT2D eigenvalue weighted by Crippen LogP contribution is -2.39. The first-order valence-corrected chi connectivity index (χ1v) is 8.91. The lowest BCUT2D eigenvalue weighted by Gasteiger charge is -2.22. The number of halogens is 2. The molecule has 0 saturated heterocycles. The Labute approximate surface area is 167 Å². The van der Waals surface area contributed by atoms with Crippen molar-refractivity contribution in [3.63, 3.8) is 0 Å². The van der Waals surface area contributed by atoms with Gasteiger partial charge in [-0.15, -0.1) is 36.2 Å². The number of carbonyl (C=O) groups is 1. The van der Waals surface area contributed by atoms with E-state index in [4.69, 9.17) is 5.73 Å². The molecule has 1 atom stereocenters. The number of nitrogens with one attached hydrogen (secondary N) is 1. The number of thiophene rings is 1. The second-order valence-corrected chi connectivity index (χ2v) is 7.35. The van der Waals surface area contributed by atoms with E-state index in [1.54, 1.807) is 23.3 Å². The molecular formula is C16H20Cl2N4OS2. The summed E-state index contributed by atoms with van der Waals surface area (Å²) in [5.74, 6) is -0.00396. The maximum absolute atomic E-state index is 12.4. The molecule has 0 radical (unpaired) electrons. The van der Waals surface area contributed by atoms with Gasteiger partial charge in [0, 0.05) is 25.3 Å². The molecule has 2 heterocycles. The van der Waals surface area contributed by atoms with Gasteiger partial charge in [0.1, 0.15) is 4.83 Å². The van der Waals surface area contributed by atoms with E-state index >= 15 is 0 Å². The molecule has 3 rings (SSSR count). The van der Waals surface area contributed by atoms with Gasteiger partial charge in [0.2, 0.25) is 0 Å². The minimum absolute atomic E-state index is 0. The zero-order valence-corrected chi connectivity index (χ0v) is 17.0. The summed E-state index contributed by atoms with van der Waals surface area (Å²) in [5, 5.41) is 4.11. The molecule has 136 valence electrons. The normalized spacial score (nSPS) is 11.3. The number of hydrogen-bond donors (Lipinski definition) is 2. The van der Waals surface area contributed by atoms with Crippen molar-refractivity contribution in [2.75, 3.05) is 18.9 Å². The van der Waals surface area contributed by atoms with Gasteiger partial charge in [-0.1, -0.05) is 29.5 Å². The van der Waals surface area contributed by atoms with Crippen LogP contribution in [0.2, 0.25) is 0 Å². The van der Waals surface area contributed by atoms with Crippen molar-refractivity contribution in [1.29, 1.82) is 0 Å². The van der Waals surface area contributed by atoms with Crippen LogP contribution < -0.4 is 11.1 Å². The maximum atomic E-state index is 12.4. The Balaban J connectivity index is 0.00000156. The van der Waals surface area contributed by atoms with Gasteiger partial charge in [-0.05, 0) is 25.1 Å². The molecule has 3 aromatic rings. The molecule has 1 amide bonds. The number of hydrogen-bond acceptors (Lipinski definition) is 6. The van der Waals surface area contributed by atoms with E-state index < -0.39 is 0 Å². The highest BCUT2D eigenvalue weighted by Crippen LogP contribution is 2.34. The van der Waals surface area contributed by atoms with Crippen molar-refractivity contribution in [2.45, 2.75) is 13.0 Å². The van der Waals surface area contributed by atoms with E-state index in [0.717, 1.165) is 20.3 Å². The molecule has 1 unspecified atom stereocenters. The molecule has 5 nitrogen and oxygen atoms in total. The zero-order chi connectivity index (χ0) is 16.4. The summed E-state index contributed by atoms with van der Waals surface area (Å²) in [6.07, 6.45) is 0. The summed E-state index contributed by atoms with van der Waals surface area (Å²) >= 11 is 2.97. The van der Waals surface area contributed by atoms with Crippen LogP contribution in [0.15, 0.2) is 36.4 Å². The van der Waals surface area contributed by atoms with Crippen molar-refractivity contribution in [1.82, 2.24) is 9.88 Å². The van der Waals surface area contributed by atoms with E-state index in [0.29, 0.717) is 11.4 Å². The summed E-state index contributed by atoms with van der Waals surface area (Å²) in [5.41, 5.74) is 6.63. The summed E-state index contributed by atoms with van der Waals surface area (Å²) in [6.45, 7) is 2.39. The van der Waals surface area contributed by atoms with Crippen molar-refractivity contribution >= 4 is 73.7 Å². The lowest BCUT2D eigenvalue weighted by atomic mass is 10.3. The van der Waals surface area contributed by atoms with Gasteiger partial charge < -0.3 is 16.0 Å². The third-order valence-corrected chi connectivity index (χ3v) is 5.71. The van der Waals surface area contributed by atoms with Gasteiger partial charge in [-0.2, -0.15) is 0 Å². The first-order valence-electron chi connectivity index (χ1n) is 7.28. The highest BCUT2D eigenvalue weighted by atomic mass is 35.5. The molecule has 0 saturated carbocycles. The van der Waals surface area contributed by atoms with Gasteiger partial charge in [0.05, 0.1) is 9.58 Å². The number of aromatic nitrogens is 1. The Kier molecular flexibility index (Phi) is 8.11. The van der Waals surface area contributed by atoms with E-state index in [9.17, 15) is 4.79 Å². The fraction of sp³-hybridized carbons (Fsp3) is 0.250. The van der Waals surface area contributed by atoms with E-state index in [1.807, 2.05) is 43.3 Å². The molecule has 9 heteroatoms. The molecular weight excluding hydrogens is 399 g/mol. The largest absolute Gasteiger partial charge is 0.337 e. The van der Waals surface area contributed by atoms with Crippen molar-refractivity contribution < 1.29 is 4.79 Å². The minimum Gasteiger partial charge on any atom is -0.337 e. The Morgan fingerprint density at radius 1 is 1.28 bits per heavy atom. The second kappa shape index (κ2) is 9.35. The van der Waals surface area contributed by atoms with Crippen LogP contribution in [-0.2, 0) is 0 Å². The number of amides is 1. The maximum Gasteiger partial charge on any atom is 0.264 e. The van der Waals surface area contributed by atoms with Crippen molar-refractivity contribution in [2.24, 2.45) is 5.73 Å². The average Bonchev–Trinajstić information content (AvgIpc) is 3.12. The molecule has 0 fully saturated rings. The number of fused-ring (bicyclic) bond motifs is 1. The molecule has 0 aliphatic heterocycles. The molecule has 3 N–H and O–H groups in total. The van der Waals surface area contributed by atoms with Crippen molar-refractivity contribution in [3.8, 4) is 0 Å². The minimum atomic E-state index is -0.00396. The monoisotopic (exact) mass is 418 g/mol. The van der Waals surface area contributed by atoms with Crippen LogP contribution in [0, 0.1) is 0 Å². The second-order valence-electron chi connectivity index (χ2n) is 5.29. The summed E-state index contributed by atoms with van der Waals surface area (Å²) in [7, 11) is 1.78. The van der Waals surface area contributed by atoms with Gasteiger partial charge >= 0.3 is 0 Å². The molecule has 0 aliphatic carbocycles. The number of likely N-dealkylation sites (N-methyl/N-ethyl adjacent to an activating group) is 1. The summed E-state index contributed by atoms with van der Waals surface area (Å²) in [4.78, 5) is 20.3. The van der Waals surface area contributed by atoms with E-state index in [-0.39, 0.29) is 36.8 Å². The summed E-state index contributed by atoms with van der Waals surface area (Å²) < 4.78 is 1.02. The lowest BCUT2D eigenvalue weighted by molar-refractivity contribution is 0.0753. The van der Waals surface area contributed by atoms with Gasteiger partial charge in [0.25, 0.3) is 5.91 Å². The highest BCUT2D eigenvalue weighted by Gasteiger charge is 2.20. The van der Waals surface area contributed by atoms with Crippen LogP contribution in [0.3, 0.4) is 0 Å². The molecule has 2 aromatic heterocycles. The standard InChI is InChI=1S/C16H18N4OS2.2ClH/c1-10(9-17)20(2)15(21)13-8-12-14(22-13)19-16(23-12)18-11-6-4-3-5-7-11;;/h3-8,10H,9,17H2,1-2H3,(H,18,19);2*1H. The number of anilines is 2. The SMILES string of the molecule is CC(CN)N(C)C(=O)c1cc2sc(Nc3ccccc3)nc2s1.Cl.Cl. The molecule has 0 bridgehead atoms. The Hall–Kier alpha value is -1.38. The first kappa shape index (κ1) is 21.7. The number of nitrogens with zero attached hydrogens (tertiary/aromatic N) is 2. The van der Waals surface area contributed by atoms with Crippen molar-refractivity contribution in [3.05, 3.63) is 41.3 Å². The number of nitrogens with two attached hydrogens (primary N) is 1. The molecule has 0 spiro atoms. The number of benzene rings is 1. The average molecular weight is 419 g/mol. The smallest absolute Gasteiger partial charge is 0.264 e. The van der Waals surface area contributed by atoms with Crippen LogP contribution in [0.4, 0.5) is 10.8 Å². The number of carbonyl (C=O) groups excluding carboxylic acids is 1. The van der Waals surface area contributed by atoms with Crippen LogP contribution >= 0.6 is 47.5 Å². The third-order valence-electron chi connectivity index (χ3n) is 3.65. The first-order chi connectivity index (χ1) is 11.1. The molecule has 25 heavy (non-hydrogen) atoms. The predicted molar refractivity (Wildman–Crippen MR) is 112 cm³/mol. The Bertz CT molecular complexity index is 791. The fourth-order valence-corrected chi connectivity index (χ4v) is 4.19. The van der Waals surface area contributed by atoms with Crippen LogP contribution in [-0.4, -0.2) is 35.4 Å². The van der Waals surface area contributed by atoms with Crippen LogP contribution in [0.25, 0.3) is 9.53 Å². The fourth-order valence-electron chi connectivity index (χ4n) is 2.07.